The van der Waals surface area contributed by atoms with Crippen LogP contribution in [0, 0.1) is 5.92 Å². The lowest BCUT2D eigenvalue weighted by Gasteiger charge is -2.39. The molecule has 6 nitrogen and oxygen atoms in total. The first kappa shape index (κ1) is 20.2. The lowest BCUT2D eigenvalue weighted by molar-refractivity contribution is 0.00263. The Hall–Kier alpha value is -2.06. The number of hydrogen-bond donors (Lipinski definition) is 2. The molecule has 1 aliphatic carbocycles. The van der Waals surface area contributed by atoms with Gasteiger partial charge in [-0.05, 0) is 44.4 Å². The van der Waals surface area contributed by atoms with E-state index in [1.54, 1.807) is 12.4 Å². The summed E-state index contributed by atoms with van der Waals surface area (Å²) in [5, 5.41) is 0. The Labute approximate surface area is 170 Å². The van der Waals surface area contributed by atoms with Crippen LogP contribution in [-0.2, 0) is 0 Å². The number of likely N-dealkylation sites (tertiary alicyclic amines) is 1. The predicted octanol–water partition coefficient (Wildman–Crippen LogP) is 2.79. The van der Waals surface area contributed by atoms with Gasteiger partial charge in [-0.1, -0.05) is 0 Å². The Morgan fingerprint density at radius 2 is 1.97 bits per heavy atom. The van der Waals surface area contributed by atoms with Crippen LogP contribution in [0.15, 0.2) is 29.5 Å². The number of aromatic nitrogens is 1. The average molecular weight is 405 g/mol. The molecule has 3 aliphatic rings. The molecule has 2 atom stereocenters. The Balaban J connectivity index is 1.52. The Morgan fingerprint density at radius 1 is 1.21 bits per heavy atom. The van der Waals surface area contributed by atoms with Crippen LogP contribution in [0.4, 0.5) is 8.78 Å². The van der Waals surface area contributed by atoms with E-state index in [-0.39, 0.29) is 31.3 Å². The van der Waals surface area contributed by atoms with E-state index in [9.17, 15) is 8.78 Å². The van der Waals surface area contributed by atoms with Gasteiger partial charge in [-0.25, -0.2) is 13.8 Å². The molecule has 0 aromatic carbocycles. The molecule has 0 amide bonds. The standard InChI is InChI=1S/C21H29F2N5O/c1-28-8-5-15(6-9-28)29-16-2-3-18(26-12-16)17-13-27-19(24)11-21(17,25)14-4-7-20(22,23)10-14/h2-3,12-15H,4-11,25H2,1H3,(H2,24,27). The molecular weight excluding hydrogens is 376 g/mol. The van der Waals surface area contributed by atoms with E-state index < -0.39 is 11.5 Å². The Bertz CT molecular complexity index is 802. The zero-order valence-corrected chi connectivity index (χ0v) is 16.8. The van der Waals surface area contributed by atoms with Gasteiger partial charge in [0.15, 0.2) is 0 Å². The predicted molar refractivity (Wildman–Crippen MR) is 109 cm³/mol. The monoisotopic (exact) mass is 405 g/mol. The lowest BCUT2D eigenvalue weighted by atomic mass is 9.73. The lowest BCUT2D eigenvalue weighted by Crippen LogP contribution is -2.51. The Morgan fingerprint density at radius 3 is 2.59 bits per heavy atom. The summed E-state index contributed by atoms with van der Waals surface area (Å²) in [6.45, 7) is 2.04. The minimum atomic E-state index is -2.68. The zero-order chi connectivity index (χ0) is 20.6. The molecule has 0 spiro atoms. The summed E-state index contributed by atoms with van der Waals surface area (Å²) in [4.78, 5) is 11.0. The summed E-state index contributed by atoms with van der Waals surface area (Å²) in [7, 11) is 2.11. The van der Waals surface area contributed by atoms with Crippen LogP contribution >= 0.6 is 0 Å². The summed E-state index contributed by atoms with van der Waals surface area (Å²) in [5.74, 6) is -1.97. The highest BCUT2D eigenvalue weighted by Crippen LogP contribution is 2.48. The molecule has 3 heterocycles. The van der Waals surface area contributed by atoms with Gasteiger partial charge < -0.3 is 21.1 Å². The van der Waals surface area contributed by atoms with Crippen LogP contribution in [0.3, 0.4) is 0 Å². The molecule has 1 aromatic rings. The van der Waals surface area contributed by atoms with Crippen molar-refractivity contribution in [3.8, 4) is 5.75 Å². The first-order chi connectivity index (χ1) is 13.7. The van der Waals surface area contributed by atoms with Crippen molar-refractivity contribution in [1.29, 1.82) is 0 Å². The SMILES string of the molecule is CN1CCC(Oc2ccc(C3=CN=C(N)CC3(N)C3CCC(F)(F)C3)nc2)CC1. The van der Waals surface area contributed by atoms with E-state index >= 15 is 0 Å². The molecule has 0 bridgehead atoms. The van der Waals surface area contributed by atoms with Gasteiger partial charge in [0.1, 0.15) is 17.7 Å². The van der Waals surface area contributed by atoms with Crippen molar-refractivity contribution in [3.63, 3.8) is 0 Å². The van der Waals surface area contributed by atoms with Gasteiger partial charge in [0, 0.05) is 44.1 Å². The van der Waals surface area contributed by atoms with Crippen LogP contribution in [0.5, 0.6) is 5.75 Å². The van der Waals surface area contributed by atoms with E-state index in [0.717, 1.165) is 25.9 Å². The number of alkyl halides is 2. The fourth-order valence-electron chi connectivity index (χ4n) is 4.67. The van der Waals surface area contributed by atoms with Gasteiger partial charge in [-0.15, -0.1) is 0 Å². The maximum Gasteiger partial charge on any atom is 0.248 e. The molecule has 4 rings (SSSR count). The first-order valence-corrected chi connectivity index (χ1v) is 10.3. The highest BCUT2D eigenvalue weighted by molar-refractivity contribution is 5.90. The summed E-state index contributed by atoms with van der Waals surface area (Å²) in [5.41, 5.74) is 12.9. The Kier molecular flexibility index (Phi) is 5.33. The van der Waals surface area contributed by atoms with Crippen molar-refractivity contribution >= 4 is 11.4 Å². The molecule has 2 aliphatic heterocycles. The number of nitrogens with two attached hydrogens (primary N) is 2. The number of amidine groups is 1. The highest BCUT2D eigenvalue weighted by atomic mass is 19.3. The van der Waals surface area contributed by atoms with Crippen molar-refractivity contribution in [2.45, 2.75) is 56.1 Å². The van der Waals surface area contributed by atoms with Gasteiger partial charge in [0.25, 0.3) is 0 Å². The van der Waals surface area contributed by atoms with Gasteiger partial charge in [-0.2, -0.15) is 0 Å². The molecule has 158 valence electrons. The molecule has 2 unspecified atom stereocenters. The third-order valence-electron chi connectivity index (χ3n) is 6.45. The second-order valence-corrected chi connectivity index (χ2v) is 8.68. The summed E-state index contributed by atoms with van der Waals surface area (Å²) in [6, 6.07) is 3.70. The van der Waals surface area contributed by atoms with Gasteiger partial charge in [0.2, 0.25) is 5.92 Å². The summed E-state index contributed by atoms with van der Waals surface area (Å²) >= 11 is 0. The molecule has 1 aromatic heterocycles. The van der Waals surface area contributed by atoms with Crippen molar-refractivity contribution < 1.29 is 13.5 Å². The van der Waals surface area contributed by atoms with E-state index in [1.165, 1.54) is 0 Å². The molecule has 4 N–H and O–H groups in total. The van der Waals surface area contributed by atoms with E-state index in [2.05, 4.69) is 21.9 Å². The quantitative estimate of drug-likeness (QED) is 0.804. The third kappa shape index (κ3) is 4.28. The number of pyridine rings is 1. The van der Waals surface area contributed by atoms with Crippen LogP contribution in [0.1, 0.15) is 44.2 Å². The number of piperidine rings is 1. The van der Waals surface area contributed by atoms with E-state index in [0.29, 0.717) is 29.3 Å². The van der Waals surface area contributed by atoms with E-state index in [1.807, 2.05) is 12.1 Å². The second-order valence-electron chi connectivity index (χ2n) is 8.68. The number of ether oxygens (including phenoxy) is 1. The highest BCUT2D eigenvalue weighted by Gasteiger charge is 2.50. The van der Waals surface area contributed by atoms with Crippen LogP contribution in [0.25, 0.3) is 5.57 Å². The maximum atomic E-state index is 13.9. The third-order valence-corrected chi connectivity index (χ3v) is 6.45. The zero-order valence-electron chi connectivity index (χ0n) is 16.8. The van der Waals surface area contributed by atoms with Crippen molar-refractivity contribution in [2.75, 3.05) is 20.1 Å². The molecular formula is C21H29F2N5O. The largest absolute Gasteiger partial charge is 0.489 e. The van der Waals surface area contributed by atoms with Gasteiger partial charge in [-0.3, -0.25) is 4.98 Å². The second kappa shape index (κ2) is 7.65. The molecule has 2 fully saturated rings. The normalized spacial score (nSPS) is 30.7. The fraction of sp³-hybridized carbons (Fsp3) is 0.619. The van der Waals surface area contributed by atoms with Crippen LogP contribution < -0.4 is 16.2 Å². The van der Waals surface area contributed by atoms with Crippen LogP contribution in [0.2, 0.25) is 0 Å². The average Bonchev–Trinajstić information content (AvgIpc) is 3.05. The van der Waals surface area contributed by atoms with Crippen molar-refractivity contribution in [2.24, 2.45) is 22.4 Å². The van der Waals surface area contributed by atoms with Crippen molar-refractivity contribution in [1.82, 2.24) is 9.88 Å². The number of halogens is 2. The first-order valence-electron chi connectivity index (χ1n) is 10.3. The summed E-state index contributed by atoms with van der Waals surface area (Å²) < 4.78 is 33.8. The number of nitrogens with zero attached hydrogens (tertiary/aromatic N) is 3. The molecule has 29 heavy (non-hydrogen) atoms. The van der Waals surface area contributed by atoms with Gasteiger partial charge >= 0.3 is 0 Å². The van der Waals surface area contributed by atoms with Gasteiger partial charge in [0.05, 0.1) is 17.4 Å². The molecule has 1 saturated carbocycles. The van der Waals surface area contributed by atoms with Crippen molar-refractivity contribution in [3.05, 3.63) is 30.2 Å². The number of hydrogen-bond acceptors (Lipinski definition) is 6. The smallest absolute Gasteiger partial charge is 0.248 e. The molecule has 1 saturated heterocycles. The molecule has 0 radical (unpaired) electrons. The number of aliphatic imine (C=N–C) groups is 1. The topological polar surface area (TPSA) is 89.8 Å². The minimum Gasteiger partial charge on any atom is -0.489 e. The summed E-state index contributed by atoms with van der Waals surface area (Å²) in [6.07, 6.45) is 5.68. The maximum absolute atomic E-state index is 13.9. The van der Waals surface area contributed by atoms with E-state index in [4.69, 9.17) is 16.2 Å². The number of rotatable bonds is 4. The minimum absolute atomic E-state index is 0.141. The molecule has 8 heteroatoms. The fourth-order valence-corrected chi connectivity index (χ4v) is 4.67. The van der Waals surface area contributed by atoms with Crippen LogP contribution in [-0.4, -0.2) is 53.4 Å².